The minimum Gasteiger partial charge on any atom is -0.463 e. The fourth-order valence-corrected chi connectivity index (χ4v) is 1.27. The molecule has 1 N–H and O–H groups in total. The number of ether oxygens (including phenoxy) is 1. The number of halogens is 3. The Balaban J connectivity index is 2.57. The van der Waals surface area contributed by atoms with Gasteiger partial charge in [-0.05, 0) is 19.5 Å². The summed E-state index contributed by atoms with van der Waals surface area (Å²) in [6, 6.07) is 1.76. The molecule has 102 valence electrons. The van der Waals surface area contributed by atoms with Crippen molar-refractivity contribution >= 4 is 0 Å². The number of aromatic nitrogens is 2. The number of hydrogen-bond acceptors (Lipinski definition) is 4. The van der Waals surface area contributed by atoms with Crippen LogP contribution in [0.1, 0.15) is 24.7 Å². The van der Waals surface area contributed by atoms with E-state index in [2.05, 4.69) is 15.3 Å². The molecule has 1 rings (SSSR count). The Labute approximate surface area is 104 Å². The van der Waals surface area contributed by atoms with Crippen LogP contribution in [0.5, 0.6) is 6.01 Å². The van der Waals surface area contributed by atoms with Crippen molar-refractivity contribution in [2.75, 3.05) is 13.2 Å². The third kappa shape index (κ3) is 5.81. The SMILES string of the molecule is CCNCc1cc(C)nc(OCCC(F)(F)F)n1. The number of nitrogens with one attached hydrogen (secondary N) is 1. The zero-order chi connectivity index (χ0) is 13.6. The minimum atomic E-state index is -4.23. The molecule has 1 heterocycles. The molecule has 0 aromatic carbocycles. The fraction of sp³-hybridized carbons (Fsp3) is 0.636. The van der Waals surface area contributed by atoms with Gasteiger partial charge in [-0.3, -0.25) is 0 Å². The quantitative estimate of drug-likeness (QED) is 0.855. The fourth-order valence-electron chi connectivity index (χ4n) is 1.27. The summed E-state index contributed by atoms with van der Waals surface area (Å²) < 4.78 is 40.8. The molecule has 0 atom stereocenters. The van der Waals surface area contributed by atoms with Gasteiger partial charge in [-0.2, -0.15) is 18.2 Å². The van der Waals surface area contributed by atoms with Crippen LogP contribution in [-0.2, 0) is 6.54 Å². The maximum Gasteiger partial charge on any atom is 0.392 e. The number of hydrogen-bond donors (Lipinski definition) is 1. The van der Waals surface area contributed by atoms with Gasteiger partial charge in [-0.15, -0.1) is 0 Å². The van der Waals surface area contributed by atoms with E-state index in [1.54, 1.807) is 13.0 Å². The van der Waals surface area contributed by atoms with Crippen LogP contribution in [0, 0.1) is 6.92 Å². The van der Waals surface area contributed by atoms with Crippen LogP contribution in [0.3, 0.4) is 0 Å². The van der Waals surface area contributed by atoms with Crippen LogP contribution in [0.4, 0.5) is 13.2 Å². The summed E-state index contributed by atoms with van der Waals surface area (Å²) in [7, 11) is 0. The van der Waals surface area contributed by atoms with Gasteiger partial charge in [-0.1, -0.05) is 6.92 Å². The molecule has 0 spiro atoms. The second-order valence-corrected chi connectivity index (χ2v) is 3.78. The molecule has 0 unspecified atom stereocenters. The smallest absolute Gasteiger partial charge is 0.392 e. The first-order valence-corrected chi connectivity index (χ1v) is 5.65. The van der Waals surface area contributed by atoms with Gasteiger partial charge in [0.15, 0.2) is 0 Å². The van der Waals surface area contributed by atoms with Crippen LogP contribution < -0.4 is 10.1 Å². The van der Waals surface area contributed by atoms with Gasteiger partial charge in [0.1, 0.15) is 6.61 Å². The van der Waals surface area contributed by atoms with Crippen LogP contribution in [0.15, 0.2) is 6.07 Å². The summed E-state index contributed by atoms with van der Waals surface area (Å²) in [6.45, 7) is 4.55. The molecule has 0 bridgehead atoms. The molecule has 4 nitrogen and oxygen atoms in total. The summed E-state index contributed by atoms with van der Waals surface area (Å²) in [5.74, 6) is 0. The Morgan fingerprint density at radius 1 is 1.33 bits per heavy atom. The molecule has 0 amide bonds. The minimum absolute atomic E-state index is 0.00727. The van der Waals surface area contributed by atoms with Gasteiger partial charge in [0.25, 0.3) is 0 Å². The molecular formula is C11H16F3N3O. The molecule has 0 fully saturated rings. The van der Waals surface area contributed by atoms with Gasteiger partial charge in [0, 0.05) is 12.2 Å². The van der Waals surface area contributed by atoms with Crippen molar-refractivity contribution in [2.45, 2.75) is 33.0 Å². The summed E-state index contributed by atoms with van der Waals surface area (Å²) in [4.78, 5) is 7.96. The molecule has 0 aliphatic carbocycles. The Kier molecular flexibility index (Phi) is 5.33. The van der Waals surface area contributed by atoms with Crippen LogP contribution in [0.2, 0.25) is 0 Å². The average molecular weight is 263 g/mol. The van der Waals surface area contributed by atoms with Gasteiger partial charge < -0.3 is 10.1 Å². The van der Waals surface area contributed by atoms with Gasteiger partial charge in [0.2, 0.25) is 0 Å². The van der Waals surface area contributed by atoms with Crippen LogP contribution >= 0.6 is 0 Å². The van der Waals surface area contributed by atoms with Crippen LogP contribution in [0.25, 0.3) is 0 Å². The molecule has 0 aliphatic heterocycles. The Bertz CT molecular complexity index is 382. The standard InChI is InChI=1S/C11H16F3N3O/c1-3-15-7-9-6-8(2)16-10(17-9)18-5-4-11(12,13)14/h6,15H,3-5,7H2,1-2H3. The van der Waals surface area contributed by atoms with Gasteiger partial charge in [-0.25, -0.2) is 4.98 Å². The zero-order valence-electron chi connectivity index (χ0n) is 10.3. The maximum absolute atomic E-state index is 12.0. The Morgan fingerprint density at radius 3 is 2.67 bits per heavy atom. The van der Waals surface area contributed by atoms with Crippen LogP contribution in [-0.4, -0.2) is 29.3 Å². The predicted molar refractivity (Wildman–Crippen MR) is 60.3 cm³/mol. The number of rotatable bonds is 6. The van der Waals surface area contributed by atoms with Crippen molar-refractivity contribution in [2.24, 2.45) is 0 Å². The zero-order valence-corrected chi connectivity index (χ0v) is 10.3. The maximum atomic E-state index is 12.0. The Morgan fingerprint density at radius 2 is 2.06 bits per heavy atom. The highest BCUT2D eigenvalue weighted by molar-refractivity contribution is 5.12. The average Bonchev–Trinajstić information content (AvgIpc) is 2.24. The lowest BCUT2D eigenvalue weighted by Crippen LogP contribution is -2.16. The lowest BCUT2D eigenvalue weighted by molar-refractivity contribution is -0.139. The largest absolute Gasteiger partial charge is 0.463 e. The third-order valence-corrected chi connectivity index (χ3v) is 2.06. The second kappa shape index (κ2) is 6.53. The summed E-state index contributed by atoms with van der Waals surface area (Å²) in [5, 5.41) is 3.07. The molecule has 1 aromatic heterocycles. The highest BCUT2D eigenvalue weighted by Gasteiger charge is 2.27. The number of nitrogens with zero attached hydrogens (tertiary/aromatic N) is 2. The highest BCUT2D eigenvalue weighted by atomic mass is 19.4. The van der Waals surface area contributed by atoms with Crippen molar-refractivity contribution in [3.63, 3.8) is 0 Å². The topological polar surface area (TPSA) is 47.0 Å². The molecular weight excluding hydrogens is 247 g/mol. The van der Waals surface area contributed by atoms with E-state index < -0.39 is 19.2 Å². The third-order valence-electron chi connectivity index (χ3n) is 2.06. The predicted octanol–water partition coefficient (Wildman–Crippen LogP) is 2.23. The second-order valence-electron chi connectivity index (χ2n) is 3.78. The van der Waals surface area contributed by atoms with Crippen molar-refractivity contribution in [3.05, 3.63) is 17.5 Å². The van der Waals surface area contributed by atoms with Crippen molar-refractivity contribution in [1.29, 1.82) is 0 Å². The molecule has 0 aliphatic rings. The van der Waals surface area contributed by atoms with Crippen molar-refractivity contribution in [1.82, 2.24) is 15.3 Å². The first kappa shape index (κ1) is 14.7. The summed E-state index contributed by atoms with van der Waals surface area (Å²) >= 11 is 0. The molecule has 18 heavy (non-hydrogen) atoms. The molecule has 0 saturated heterocycles. The van der Waals surface area contributed by atoms with E-state index in [0.29, 0.717) is 17.9 Å². The van der Waals surface area contributed by atoms with Crippen molar-refractivity contribution < 1.29 is 17.9 Å². The molecule has 1 aromatic rings. The van der Waals surface area contributed by atoms with E-state index in [4.69, 9.17) is 4.74 Å². The molecule has 7 heteroatoms. The van der Waals surface area contributed by atoms with Gasteiger partial charge >= 0.3 is 12.2 Å². The van der Waals surface area contributed by atoms with Crippen molar-refractivity contribution in [3.8, 4) is 6.01 Å². The number of alkyl halides is 3. The van der Waals surface area contributed by atoms with E-state index in [0.717, 1.165) is 6.54 Å². The molecule has 0 radical (unpaired) electrons. The van der Waals surface area contributed by atoms with E-state index in [1.807, 2.05) is 6.92 Å². The Hall–Kier alpha value is -1.37. The van der Waals surface area contributed by atoms with E-state index in [9.17, 15) is 13.2 Å². The first-order chi connectivity index (χ1) is 8.40. The van der Waals surface area contributed by atoms with E-state index in [1.165, 1.54) is 0 Å². The monoisotopic (exact) mass is 263 g/mol. The van der Waals surface area contributed by atoms with E-state index >= 15 is 0 Å². The highest BCUT2D eigenvalue weighted by Crippen LogP contribution is 2.19. The van der Waals surface area contributed by atoms with Gasteiger partial charge in [0.05, 0.1) is 12.1 Å². The first-order valence-electron chi connectivity index (χ1n) is 5.65. The summed E-state index contributed by atoms with van der Waals surface area (Å²) in [5.41, 5.74) is 1.37. The molecule has 0 saturated carbocycles. The van der Waals surface area contributed by atoms with E-state index in [-0.39, 0.29) is 6.01 Å². The summed E-state index contributed by atoms with van der Waals surface area (Å²) in [6.07, 6.45) is -5.23. The lowest BCUT2D eigenvalue weighted by atomic mass is 10.3. The lowest BCUT2D eigenvalue weighted by Gasteiger charge is -2.09. The normalized spacial score (nSPS) is 11.6. The number of aryl methyl sites for hydroxylation is 1.